The molecule has 1 heterocycles. The molecule has 0 radical (unpaired) electrons. The molecular formula is C12H21ClN2O3. The number of carbonyl (C=O) groups is 2. The van der Waals surface area contributed by atoms with Crippen LogP contribution in [0.5, 0.6) is 0 Å². The van der Waals surface area contributed by atoms with Gasteiger partial charge in [-0.25, -0.2) is 4.79 Å². The summed E-state index contributed by atoms with van der Waals surface area (Å²) in [4.78, 5) is 26.7. The molecular weight excluding hydrogens is 256 g/mol. The van der Waals surface area contributed by atoms with Crippen molar-refractivity contribution in [3.8, 4) is 0 Å². The van der Waals surface area contributed by atoms with Gasteiger partial charge in [-0.3, -0.25) is 4.79 Å². The van der Waals surface area contributed by atoms with Crippen molar-refractivity contribution in [2.45, 2.75) is 26.2 Å². The number of nitrogens with zero attached hydrogens (tertiary/aromatic N) is 2. The quantitative estimate of drug-likeness (QED) is 0.567. The van der Waals surface area contributed by atoms with E-state index in [-0.39, 0.29) is 12.0 Å². The molecule has 1 fully saturated rings. The zero-order valence-electron chi connectivity index (χ0n) is 10.9. The molecule has 104 valence electrons. The van der Waals surface area contributed by atoms with Crippen LogP contribution in [0.2, 0.25) is 0 Å². The smallest absolute Gasteiger partial charge is 0.409 e. The van der Waals surface area contributed by atoms with Crippen LogP contribution in [-0.2, 0) is 9.53 Å². The van der Waals surface area contributed by atoms with E-state index in [1.54, 1.807) is 11.8 Å². The molecule has 1 aliphatic heterocycles. The van der Waals surface area contributed by atoms with Gasteiger partial charge in [0.25, 0.3) is 0 Å². The summed E-state index contributed by atoms with van der Waals surface area (Å²) in [5.41, 5.74) is 0. The van der Waals surface area contributed by atoms with Crippen LogP contribution in [-0.4, -0.2) is 60.5 Å². The topological polar surface area (TPSA) is 49.9 Å². The van der Waals surface area contributed by atoms with Gasteiger partial charge in [0.15, 0.2) is 0 Å². The average Bonchev–Trinajstić information content (AvgIpc) is 2.39. The molecule has 1 rings (SSSR count). The summed E-state index contributed by atoms with van der Waals surface area (Å²) in [6.07, 6.45) is 1.97. The van der Waals surface area contributed by atoms with Gasteiger partial charge in [0.05, 0.1) is 6.61 Å². The lowest BCUT2D eigenvalue weighted by Gasteiger charge is -2.34. The Morgan fingerprint density at radius 3 is 2.28 bits per heavy atom. The number of unbranched alkanes of at least 4 members (excludes halogenated alkanes) is 1. The molecule has 0 spiro atoms. The van der Waals surface area contributed by atoms with Crippen molar-refractivity contribution < 1.29 is 14.3 Å². The van der Waals surface area contributed by atoms with Gasteiger partial charge >= 0.3 is 6.09 Å². The summed E-state index contributed by atoms with van der Waals surface area (Å²) in [6, 6.07) is 0. The zero-order chi connectivity index (χ0) is 13.4. The highest BCUT2D eigenvalue weighted by atomic mass is 35.5. The molecule has 2 amide bonds. The van der Waals surface area contributed by atoms with Crippen molar-refractivity contribution in [2.75, 3.05) is 38.7 Å². The van der Waals surface area contributed by atoms with E-state index in [1.807, 2.05) is 4.90 Å². The Bertz CT molecular complexity index is 278. The molecule has 0 unspecified atom stereocenters. The number of ether oxygens (including phenoxy) is 1. The van der Waals surface area contributed by atoms with E-state index in [2.05, 4.69) is 0 Å². The summed E-state index contributed by atoms with van der Waals surface area (Å²) >= 11 is 5.57. The minimum absolute atomic E-state index is 0.156. The van der Waals surface area contributed by atoms with Gasteiger partial charge in [0, 0.05) is 38.5 Å². The first-order valence-corrected chi connectivity index (χ1v) is 6.98. The lowest BCUT2D eigenvalue weighted by molar-refractivity contribution is -0.132. The van der Waals surface area contributed by atoms with Crippen LogP contribution in [0.1, 0.15) is 26.2 Å². The number of rotatable bonds is 5. The van der Waals surface area contributed by atoms with Crippen molar-refractivity contribution in [3.05, 3.63) is 0 Å². The van der Waals surface area contributed by atoms with E-state index in [0.717, 1.165) is 12.8 Å². The molecule has 0 aromatic carbocycles. The van der Waals surface area contributed by atoms with Crippen molar-refractivity contribution in [3.63, 3.8) is 0 Å². The molecule has 18 heavy (non-hydrogen) atoms. The SMILES string of the molecule is CCOC(=O)N1CCN(C(=O)CCCCCl)CC1. The molecule has 0 aliphatic carbocycles. The minimum Gasteiger partial charge on any atom is -0.450 e. The third-order valence-electron chi connectivity index (χ3n) is 2.93. The average molecular weight is 277 g/mol. The van der Waals surface area contributed by atoms with Gasteiger partial charge in [-0.2, -0.15) is 0 Å². The number of halogens is 1. The fourth-order valence-corrected chi connectivity index (χ4v) is 2.07. The first-order chi connectivity index (χ1) is 8.69. The van der Waals surface area contributed by atoms with Crippen LogP contribution in [0.15, 0.2) is 0 Å². The molecule has 0 aromatic rings. The highest BCUT2D eigenvalue weighted by Crippen LogP contribution is 2.07. The second-order valence-corrected chi connectivity index (χ2v) is 4.59. The Labute approximate surface area is 113 Å². The largest absolute Gasteiger partial charge is 0.450 e. The highest BCUT2D eigenvalue weighted by molar-refractivity contribution is 6.17. The Kier molecular flexibility index (Phi) is 6.86. The van der Waals surface area contributed by atoms with Gasteiger partial charge in [-0.1, -0.05) is 0 Å². The molecule has 0 saturated carbocycles. The molecule has 0 bridgehead atoms. The number of amides is 2. The molecule has 0 N–H and O–H groups in total. The molecule has 0 aromatic heterocycles. The lowest BCUT2D eigenvalue weighted by Crippen LogP contribution is -2.50. The molecule has 5 nitrogen and oxygen atoms in total. The fraction of sp³-hybridized carbons (Fsp3) is 0.833. The van der Waals surface area contributed by atoms with E-state index in [4.69, 9.17) is 16.3 Å². The van der Waals surface area contributed by atoms with Gasteiger partial charge in [0.1, 0.15) is 0 Å². The summed E-state index contributed by atoms with van der Waals surface area (Å²) in [5, 5.41) is 0. The number of carbonyl (C=O) groups excluding carboxylic acids is 2. The Morgan fingerprint density at radius 1 is 1.11 bits per heavy atom. The van der Waals surface area contributed by atoms with Crippen LogP contribution in [0.4, 0.5) is 4.79 Å². The van der Waals surface area contributed by atoms with Gasteiger partial charge in [0.2, 0.25) is 5.91 Å². The zero-order valence-corrected chi connectivity index (χ0v) is 11.6. The van der Waals surface area contributed by atoms with Crippen LogP contribution in [0.3, 0.4) is 0 Å². The number of piperazine rings is 1. The van der Waals surface area contributed by atoms with Crippen LogP contribution in [0, 0.1) is 0 Å². The van der Waals surface area contributed by atoms with E-state index >= 15 is 0 Å². The maximum atomic E-state index is 11.8. The van der Waals surface area contributed by atoms with Crippen LogP contribution >= 0.6 is 11.6 Å². The molecule has 1 aliphatic rings. The monoisotopic (exact) mass is 276 g/mol. The second-order valence-electron chi connectivity index (χ2n) is 4.21. The molecule has 0 atom stereocenters. The predicted molar refractivity (Wildman–Crippen MR) is 69.7 cm³/mol. The highest BCUT2D eigenvalue weighted by Gasteiger charge is 2.24. The Balaban J connectivity index is 2.26. The summed E-state index contributed by atoms with van der Waals surface area (Å²) in [5.74, 6) is 0.757. The van der Waals surface area contributed by atoms with E-state index in [9.17, 15) is 9.59 Å². The Morgan fingerprint density at radius 2 is 1.72 bits per heavy atom. The van der Waals surface area contributed by atoms with E-state index < -0.39 is 0 Å². The fourth-order valence-electron chi connectivity index (χ4n) is 1.88. The maximum Gasteiger partial charge on any atom is 0.409 e. The van der Waals surface area contributed by atoms with Gasteiger partial charge < -0.3 is 14.5 Å². The first-order valence-electron chi connectivity index (χ1n) is 6.44. The van der Waals surface area contributed by atoms with Crippen LogP contribution < -0.4 is 0 Å². The minimum atomic E-state index is -0.285. The van der Waals surface area contributed by atoms with Crippen molar-refractivity contribution in [1.29, 1.82) is 0 Å². The van der Waals surface area contributed by atoms with Crippen molar-refractivity contribution in [1.82, 2.24) is 9.80 Å². The number of alkyl halides is 1. The van der Waals surface area contributed by atoms with Crippen LogP contribution in [0.25, 0.3) is 0 Å². The molecule has 1 saturated heterocycles. The van der Waals surface area contributed by atoms with Crippen molar-refractivity contribution in [2.24, 2.45) is 0 Å². The normalized spacial score (nSPS) is 15.7. The molecule has 6 heteroatoms. The standard InChI is InChI=1S/C12H21ClN2O3/c1-2-18-12(17)15-9-7-14(8-10-15)11(16)5-3-4-6-13/h2-10H2,1H3. The maximum absolute atomic E-state index is 11.8. The summed E-state index contributed by atoms with van der Waals surface area (Å²) in [6.45, 7) is 4.47. The number of hydrogen-bond donors (Lipinski definition) is 0. The number of hydrogen-bond acceptors (Lipinski definition) is 3. The first kappa shape index (κ1) is 15.1. The van der Waals surface area contributed by atoms with Crippen molar-refractivity contribution >= 4 is 23.6 Å². The summed E-state index contributed by atoms with van der Waals surface area (Å²) < 4.78 is 4.93. The lowest BCUT2D eigenvalue weighted by atomic mass is 10.2. The second kappa shape index (κ2) is 8.19. The predicted octanol–water partition coefficient (Wildman–Crippen LogP) is 1.70. The van der Waals surface area contributed by atoms with E-state index in [1.165, 1.54) is 0 Å². The van der Waals surface area contributed by atoms with Gasteiger partial charge in [-0.05, 0) is 19.8 Å². The van der Waals surface area contributed by atoms with Gasteiger partial charge in [-0.15, -0.1) is 11.6 Å². The summed E-state index contributed by atoms with van der Waals surface area (Å²) in [7, 11) is 0. The third-order valence-corrected chi connectivity index (χ3v) is 3.20. The Hall–Kier alpha value is -0.970. The van der Waals surface area contributed by atoms with E-state index in [0.29, 0.717) is 45.1 Å². The third kappa shape index (κ3) is 4.72.